The zero-order valence-electron chi connectivity index (χ0n) is 12.5. The van der Waals surface area contributed by atoms with Crippen molar-refractivity contribution < 1.29 is 9.90 Å². The van der Waals surface area contributed by atoms with Gasteiger partial charge in [0.05, 0.1) is 12.3 Å². The van der Waals surface area contributed by atoms with E-state index in [1.807, 2.05) is 19.9 Å². The van der Waals surface area contributed by atoms with Gasteiger partial charge in [-0.25, -0.2) is 0 Å². The number of carbonyl (C=O) groups is 1. The first-order valence-corrected chi connectivity index (χ1v) is 7.43. The Morgan fingerprint density at radius 1 is 1.40 bits per heavy atom. The van der Waals surface area contributed by atoms with E-state index in [1.165, 1.54) is 6.42 Å². The van der Waals surface area contributed by atoms with Crippen molar-refractivity contribution in [2.45, 2.75) is 52.5 Å². The van der Waals surface area contributed by atoms with Crippen LogP contribution in [0.1, 0.15) is 43.5 Å². The van der Waals surface area contributed by atoms with Gasteiger partial charge in [-0.1, -0.05) is 19.3 Å². The molecule has 1 aliphatic carbocycles. The molecular weight excluding hydrogens is 254 g/mol. The first-order valence-electron chi connectivity index (χ1n) is 7.43. The van der Waals surface area contributed by atoms with Crippen molar-refractivity contribution in [1.82, 2.24) is 15.1 Å². The van der Waals surface area contributed by atoms with E-state index >= 15 is 0 Å². The van der Waals surface area contributed by atoms with Crippen LogP contribution in [0.15, 0.2) is 6.07 Å². The molecule has 0 aromatic carbocycles. The third kappa shape index (κ3) is 3.60. The van der Waals surface area contributed by atoms with Crippen LogP contribution < -0.4 is 5.32 Å². The maximum absolute atomic E-state index is 12.0. The van der Waals surface area contributed by atoms with Gasteiger partial charge < -0.3 is 10.4 Å². The molecule has 5 heteroatoms. The van der Waals surface area contributed by atoms with Crippen molar-refractivity contribution in [2.75, 3.05) is 13.2 Å². The highest BCUT2D eigenvalue weighted by Gasteiger charge is 2.31. The van der Waals surface area contributed by atoms with Crippen LogP contribution in [0.2, 0.25) is 0 Å². The predicted molar refractivity (Wildman–Crippen MR) is 77.3 cm³/mol. The Bertz CT molecular complexity index is 462. The van der Waals surface area contributed by atoms with Crippen LogP contribution in [0.25, 0.3) is 0 Å². The number of nitrogens with zero attached hydrogens (tertiary/aromatic N) is 2. The summed E-state index contributed by atoms with van der Waals surface area (Å²) in [6, 6.07) is 1.96. The molecule has 0 saturated heterocycles. The number of hydrogen-bond acceptors (Lipinski definition) is 3. The Labute approximate surface area is 120 Å². The van der Waals surface area contributed by atoms with Crippen molar-refractivity contribution in [3.05, 3.63) is 17.5 Å². The topological polar surface area (TPSA) is 67.2 Å². The number of aliphatic hydroxyl groups is 1. The van der Waals surface area contributed by atoms with Crippen molar-refractivity contribution in [3.8, 4) is 0 Å². The lowest BCUT2D eigenvalue weighted by atomic mass is 9.74. The van der Waals surface area contributed by atoms with E-state index in [4.69, 9.17) is 0 Å². The van der Waals surface area contributed by atoms with E-state index in [1.54, 1.807) is 4.68 Å². The van der Waals surface area contributed by atoms with Gasteiger partial charge in [-0.2, -0.15) is 5.10 Å². The fraction of sp³-hybridized carbons (Fsp3) is 0.733. The summed E-state index contributed by atoms with van der Waals surface area (Å²) in [4.78, 5) is 12.0. The molecule has 0 spiro atoms. The molecule has 112 valence electrons. The number of hydrogen-bond donors (Lipinski definition) is 2. The average Bonchev–Trinajstić information content (AvgIpc) is 2.76. The molecule has 1 aromatic heterocycles. The van der Waals surface area contributed by atoms with Gasteiger partial charge >= 0.3 is 0 Å². The molecule has 0 aliphatic heterocycles. The van der Waals surface area contributed by atoms with Gasteiger partial charge in [0.15, 0.2) is 0 Å². The molecule has 0 unspecified atom stereocenters. The number of amides is 1. The number of rotatable bonds is 5. The van der Waals surface area contributed by atoms with Crippen molar-refractivity contribution in [1.29, 1.82) is 0 Å². The minimum Gasteiger partial charge on any atom is -0.396 e. The van der Waals surface area contributed by atoms with Crippen molar-refractivity contribution in [2.24, 2.45) is 5.41 Å². The smallest absolute Gasteiger partial charge is 0.241 e. The minimum absolute atomic E-state index is 0.0328. The summed E-state index contributed by atoms with van der Waals surface area (Å²) in [7, 11) is 0. The van der Waals surface area contributed by atoms with E-state index in [-0.39, 0.29) is 24.5 Å². The highest BCUT2D eigenvalue weighted by atomic mass is 16.3. The number of aromatic nitrogens is 2. The van der Waals surface area contributed by atoms with Crippen LogP contribution in [0.3, 0.4) is 0 Å². The highest BCUT2D eigenvalue weighted by molar-refractivity contribution is 5.75. The lowest BCUT2D eigenvalue weighted by Crippen LogP contribution is -2.42. The van der Waals surface area contributed by atoms with Gasteiger partial charge in [0.2, 0.25) is 5.91 Å². The summed E-state index contributed by atoms with van der Waals surface area (Å²) in [6.07, 6.45) is 5.54. The van der Waals surface area contributed by atoms with Crippen molar-refractivity contribution >= 4 is 5.91 Å². The monoisotopic (exact) mass is 279 g/mol. The molecule has 5 nitrogen and oxygen atoms in total. The predicted octanol–water partition coefficient (Wildman–Crippen LogP) is 1.56. The largest absolute Gasteiger partial charge is 0.396 e. The second-order valence-corrected chi connectivity index (χ2v) is 6.08. The Morgan fingerprint density at radius 3 is 2.65 bits per heavy atom. The second kappa shape index (κ2) is 6.39. The zero-order valence-corrected chi connectivity index (χ0v) is 12.5. The maximum atomic E-state index is 12.0. The molecule has 2 rings (SSSR count). The third-order valence-corrected chi connectivity index (χ3v) is 4.31. The number of aryl methyl sites for hydroxylation is 2. The van der Waals surface area contributed by atoms with Crippen molar-refractivity contribution in [3.63, 3.8) is 0 Å². The maximum Gasteiger partial charge on any atom is 0.241 e. The first-order chi connectivity index (χ1) is 9.54. The van der Waals surface area contributed by atoms with E-state index in [0.29, 0.717) is 6.54 Å². The summed E-state index contributed by atoms with van der Waals surface area (Å²) in [5.41, 5.74) is 1.81. The van der Waals surface area contributed by atoms with Crippen LogP contribution >= 0.6 is 0 Å². The van der Waals surface area contributed by atoms with Gasteiger partial charge in [-0.05, 0) is 32.8 Å². The van der Waals surface area contributed by atoms with Gasteiger partial charge in [0, 0.05) is 17.7 Å². The highest BCUT2D eigenvalue weighted by Crippen LogP contribution is 2.35. The first kappa shape index (κ1) is 15.0. The molecule has 0 atom stereocenters. The quantitative estimate of drug-likeness (QED) is 0.859. The number of carbonyl (C=O) groups excluding carboxylic acids is 1. The molecule has 1 aromatic rings. The van der Waals surface area contributed by atoms with Gasteiger partial charge in [-0.3, -0.25) is 9.48 Å². The van der Waals surface area contributed by atoms with E-state index in [2.05, 4.69) is 10.4 Å². The average molecular weight is 279 g/mol. The summed E-state index contributed by atoms with van der Waals surface area (Å²) in [5.74, 6) is -0.0328. The summed E-state index contributed by atoms with van der Waals surface area (Å²) in [5, 5.41) is 16.9. The van der Waals surface area contributed by atoms with Gasteiger partial charge in [0.25, 0.3) is 0 Å². The normalized spacial score (nSPS) is 17.9. The van der Waals surface area contributed by atoms with Crippen LogP contribution in [0.5, 0.6) is 0 Å². The summed E-state index contributed by atoms with van der Waals surface area (Å²) >= 11 is 0. The van der Waals surface area contributed by atoms with Gasteiger partial charge in [0.1, 0.15) is 6.54 Å². The molecule has 20 heavy (non-hydrogen) atoms. The summed E-state index contributed by atoms with van der Waals surface area (Å²) in [6.45, 7) is 4.85. The molecule has 1 aliphatic rings. The number of aliphatic hydroxyl groups excluding tert-OH is 1. The molecule has 1 amide bonds. The lowest BCUT2D eigenvalue weighted by molar-refractivity contribution is -0.122. The molecule has 0 radical (unpaired) electrons. The molecule has 2 N–H and O–H groups in total. The molecular formula is C15H25N3O2. The van der Waals surface area contributed by atoms with Crippen LogP contribution in [-0.4, -0.2) is 33.9 Å². The Hall–Kier alpha value is -1.36. The van der Waals surface area contributed by atoms with Gasteiger partial charge in [-0.15, -0.1) is 0 Å². The van der Waals surface area contributed by atoms with Crippen LogP contribution in [0.4, 0.5) is 0 Å². The fourth-order valence-electron chi connectivity index (χ4n) is 3.01. The SMILES string of the molecule is Cc1cc(C)n(CC(=O)NCC2(CO)CCCCC2)n1. The Kier molecular flexibility index (Phi) is 4.81. The second-order valence-electron chi connectivity index (χ2n) is 6.08. The minimum atomic E-state index is -0.108. The van der Waals surface area contributed by atoms with E-state index in [9.17, 15) is 9.90 Å². The Balaban J connectivity index is 1.86. The standard InChI is InChI=1S/C15H25N3O2/c1-12-8-13(2)18(17-12)9-14(20)16-10-15(11-19)6-4-3-5-7-15/h8,19H,3-7,9-11H2,1-2H3,(H,16,20). The molecule has 1 heterocycles. The van der Waals surface area contributed by atoms with Crippen LogP contribution in [-0.2, 0) is 11.3 Å². The number of nitrogens with one attached hydrogen (secondary N) is 1. The fourth-order valence-corrected chi connectivity index (χ4v) is 3.01. The molecule has 1 saturated carbocycles. The summed E-state index contributed by atoms with van der Waals surface area (Å²) < 4.78 is 1.72. The van der Waals surface area contributed by atoms with Crippen LogP contribution in [0, 0.1) is 19.3 Å². The van der Waals surface area contributed by atoms with E-state index < -0.39 is 0 Å². The molecule has 1 fully saturated rings. The zero-order chi connectivity index (χ0) is 14.6. The van der Waals surface area contributed by atoms with E-state index in [0.717, 1.165) is 37.1 Å². The third-order valence-electron chi connectivity index (χ3n) is 4.31. The lowest BCUT2D eigenvalue weighted by Gasteiger charge is -2.35. The Morgan fingerprint density at radius 2 is 2.10 bits per heavy atom. The molecule has 0 bridgehead atoms.